The summed E-state index contributed by atoms with van der Waals surface area (Å²) in [7, 11) is 0. The average molecular weight is 353 g/mol. The molecule has 1 aromatic rings. The third kappa shape index (κ3) is 3.82. The van der Waals surface area contributed by atoms with Crippen LogP contribution in [0, 0.1) is 11.7 Å². The van der Waals surface area contributed by atoms with Crippen molar-refractivity contribution in [2.45, 2.75) is 26.4 Å². The van der Waals surface area contributed by atoms with E-state index >= 15 is 0 Å². The standard InChI is InChI=1S/C12H16Br2FN/c1-8(2)11(6-13)16-7-9-4-3-5-10(15)12(9)14/h3-5,8,11,16H,6-7H2,1-2H3. The van der Waals surface area contributed by atoms with Gasteiger partial charge < -0.3 is 5.32 Å². The lowest BCUT2D eigenvalue weighted by Crippen LogP contribution is -2.34. The number of alkyl halides is 1. The van der Waals surface area contributed by atoms with E-state index < -0.39 is 0 Å². The number of halogens is 3. The average Bonchev–Trinajstić information content (AvgIpc) is 2.24. The summed E-state index contributed by atoms with van der Waals surface area (Å²) >= 11 is 6.74. The largest absolute Gasteiger partial charge is 0.309 e. The summed E-state index contributed by atoms with van der Waals surface area (Å²) in [5, 5.41) is 4.31. The number of benzene rings is 1. The molecule has 1 aromatic carbocycles. The molecule has 0 aliphatic carbocycles. The predicted octanol–water partition coefficient (Wildman–Crippen LogP) is 4.10. The van der Waals surface area contributed by atoms with Crippen LogP contribution in [0.5, 0.6) is 0 Å². The topological polar surface area (TPSA) is 12.0 Å². The molecule has 1 unspecified atom stereocenters. The smallest absolute Gasteiger partial charge is 0.137 e. The lowest BCUT2D eigenvalue weighted by Gasteiger charge is -2.20. The van der Waals surface area contributed by atoms with Crippen molar-refractivity contribution in [3.8, 4) is 0 Å². The van der Waals surface area contributed by atoms with Crippen LogP contribution in [0.25, 0.3) is 0 Å². The van der Waals surface area contributed by atoms with Gasteiger partial charge in [0.25, 0.3) is 0 Å². The molecule has 1 N–H and O–H groups in total. The fourth-order valence-electron chi connectivity index (χ4n) is 1.39. The normalized spacial score (nSPS) is 13.1. The van der Waals surface area contributed by atoms with Crippen LogP contribution in [0.1, 0.15) is 19.4 Å². The summed E-state index contributed by atoms with van der Waals surface area (Å²) in [5.74, 6) is 0.339. The van der Waals surface area contributed by atoms with Gasteiger partial charge in [0.15, 0.2) is 0 Å². The molecule has 0 fully saturated rings. The zero-order valence-electron chi connectivity index (χ0n) is 9.43. The predicted molar refractivity (Wildman–Crippen MR) is 73.4 cm³/mol. The highest BCUT2D eigenvalue weighted by Crippen LogP contribution is 2.20. The summed E-state index contributed by atoms with van der Waals surface area (Å²) in [4.78, 5) is 0. The molecule has 1 nitrogen and oxygen atoms in total. The van der Waals surface area contributed by atoms with E-state index in [-0.39, 0.29) is 5.82 Å². The second-order valence-corrected chi connectivity index (χ2v) is 5.54. The second-order valence-electron chi connectivity index (χ2n) is 4.10. The van der Waals surface area contributed by atoms with Crippen molar-refractivity contribution in [2.24, 2.45) is 5.92 Å². The van der Waals surface area contributed by atoms with Crippen LogP contribution in [0.2, 0.25) is 0 Å². The number of hydrogen-bond donors (Lipinski definition) is 1. The molecule has 0 radical (unpaired) electrons. The highest BCUT2D eigenvalue weighted by Gasteiger charge is 2.12. The van der Waals surface area contributed by atoms with Crippen molar-refractivity contribution in [1.82, 2.24) is 5.32 Å². The van der Waals surface area contributed by atoms with Gasteiger partial charge >= 0.3 is 0 Å². The Kier molecular flexibility index (Phi) is 5.94. The van der Waals surface area contributed by atoms with Crippen LogP contribution >= 0.6 is 31.9 Å². The summed E-state index contributed by atoms with van der Waals surface area (Å²) in [6, 6.07) is 5.51. The van der Waals surface area contributed by atoms with Gasteiger partial charge in [-0.05, 0) is 33.5 Å². The maximum atomic E-state index is 13.3. The first-order chi connectivity index (χ1) is 7.56. The minimum Gasteiger partial charge on any atom is -0.309 e. The van der Waals surface area contributed by atoms with E-state index in [4.69, 9.17) is 0 Å². The summed E-state index contributed by atoms with van der Waals surface area (Å²) in [5.41, 5.74) is 0.951. The fourth-order valence-corrected chi connectivity index (χ4v) is 2.78. The zero-order valence-corrected chi connectivity index (χ0v) is 12.6. The monoisotopic (exact) mass is 351 g/mol. The van der Waals surface area contributed by atoms with E-state index in [0.717, 1.165) is 10.9 Å². The minimum absolute atomic E-state index is 0.209. The molecule has 0 aliphatic heterocycles. The Hall–Kier alpha value is 0.0700. The highest BCUT2D eigenvalue weighted by atomic mass is 79.9. The van der Waals surface area contributed by atoms with E-state index in [1.165, 1.54) is 6.07 Å². The first kappa shape index (κ1) is 14.1. The minimum atomic E-state index is -0.209. The molecule has 0 aromatic heterocycles. The Morgan fingerprint density at radius 2 is 2.06 bits per heavy atom. The molecule has 0 bridgehead atoms. The maximum Gasteiger partial charge on any atom is 0.137 e. The molecule has 0 heterocycles. The van der Waals surface area contributed by atoms with Crippen molar-refractivity contribution in [3.05, 3.63) is 34.1 Å². The molecule has 1 rings (SSSR count). The molecule has 90 valence electrons. The van der Waals surface area contributed by atoms with Crippen molar-refractivity contribution in [2.75, 3.05) is 5.33 Å². The Bertz CT molecular complexity index is 342. The van der Waals surface area contributed by atoms with Crippen LogP contribution in [-0.2, 0) is 6.54 Å². The van der Waals surface area contributed by atoms with Crippen molar-refractivity contribution < 1.29 is 4.39 Å². The lowest BCUT2D eigenvalue weighted by atomic mass is 10.1. The first-order valence-corrected chi connectivity index (χ1v) is 7.20. The van der Waals surface area contributed by atoms with Gasteiger partial charge in [0.1, 0.15) is 5.82 Å². The second kappa shape index (κ2) is 6.72. The molecule has 4 heteroatoms. The fraction of sp³-hybridized carbons (Fsp3) is 0.500. The van der Waals surface area contributed by atoms with E-state index in [9.17, 15) is 4.39 Å². The van der Waals surface area contributed by atoms with E-state index in [2.05, 4.69) is 51.0 Å². The van der Waals surface area contributed by atoms with Gasteiger partial charge in [-0.2, -0.15) is 0 Å². The molecule has 0 saturated heterocycles. The third-order valence-electron chi connectivity index (χ3n) is 2.56. The van der Waals surface area contributed by atoms with Crippen molar-refractivity contribution in [1.29, 1.82) is 0 Å². The molecule has 0 amide bonds. The van der Waals surface area contributed by atoms with Gasteiger partial charge in [-0.3, -0.25) is 0 Å². The van der Waals surface area contributed by atoms with Crippen LogP contribution < -0.4 is 5.32 Å². The van der Waals surface area contributed by atoms with E-state index in [0.29, 0.717) is 23.0 Å². The van der Waals surface area contributed by atoms with Crippen LogP contribution in [0.4, 0.5) is 4.39 Å². The molecule has 0 aliphatic rings. The molecule has 1 atom stereocenters. The highest BCUT2D eigenvalue weighted by molar-refractivity contribution is 9.10. The summed E-state index contributed by atoms with van der Waals surface area (Å²) in [6.07, 6.45) is 0. The molecule has 16 heavy (non-hydrogen) atoms. The first-order valence-electron chi connectivity index (χ1n) is 5.28. The Balaban J connectivity index is 2.64. The van der Waals surface area contributed by atoms with Gasteiger partial charge in [0.2, 0.25) is 0 Å². The molecule has 0 saturated carbocycles. The lowest BCUT2D eigenvalue weighted by molar-refractivity contribution is 0.433. The maximum absolute atomic E-state index is 13.3. The summed E-state index contributed by atoms with van der Waals surface area (Å²) in [6.45, 7) is 5.01. The van der Waals surface area contributed by atoms with Crippen LogP contribution in [-0.4, -0.2) is 11.4 Å². The molecular formula is C12H16Br2FN. The third-order valence-corrected chi connectivity index (χ3v) is 4.14. The van der Waals surface area contributed by atoms with Gasteiger partial charge in [0.05, 0.1) is 4.47 Å². The van der Waals surface area contributed by atoms with Crippen molar-refractivity contribution >= 4 is 31.9 Å². The number of hydrogen-bond acceptors (Lipinski definition) is 1. The van der Waals surface area contributed by atoms with Gasteiger partial charge in [-0.1, -0.05) is 41.9 Å². The quantitative estimate of drug-likeness (QED) is 0.787. The molecule has 0 spiro atoms. The Labute approximate surface area is 113 Å². The summed E-state index contributed by atoms with van der Waals surface area (Å²) < 4.78 is 13.8. The van der Waals surface area contributed by atoms with E-state index in [1.54, 1.807) is 6.07 Å². The zero-order chi connectivity index (χ0) is 12.1. The number of nitrogens with one attached hydrogen (secondary N) is 1. The van der Waals surface area contributed by atoms with Gasteiger partial charge in [0, 0.05) is 17.9 Å². The number of rotatable bonds is 5. The molecular weight excluding hydrogens is 337 g/mol. The SMILES string of the molecule is CC(C)C(CBr)NCc1cccc(F)c1Br. The van der Waals surface area contributed by atoms with Gasteiger partial charge in [-0.25, -0.2) is 4.39 Å². The van der Waals surface area contributed by atoms with Crippen LogP contribution in [0.3, 0.4) is 0 Å². The van der Waals surface area contributed by atoms with Crippen LogP contribution in [0.15, 0.2) is 22.7 Å². The van der Waals surface area contributed by atoms with E-state index in [1.807, 2.05) is 6.07 Å². The Morgan fingerprint density at radius 3 is 2.62 bits per heavy atom. The van der Waals surface area contributed by atoms with Gasteiger partial charge in [-0.15, -0.1) is 0 Å². The van der Waals surface area contributed by atoms with Crippen molar-refractivity contribution in [3.63, 3.8) is 0 Å². The Morgan fingerprint density at radius 1 is 1.38 bits per heavy atom.